The summed E-state index contributed by atoms with van der Waals surface area (Å²) in [4.78, 5) is 11.2. The van der Waals surface area contributed by atoms with Crippen molar-refractivity contribution in [3.8, 4) is 0 Å². The van der Waals surface area contributed by atoms with E-state index >= 15 is 0 Å². The van der Waals surface area contributed by atoms with Crippen LogP contribution in [0, 0.1) is 6.92 Å². The number of hydrogen-bond donors (Lipinski definition) is 0. The van der Waals surface area contributed by atoms with Gasteiger partial charge in [-0.3, -0.25) is 4.79 Å². The quantitative estimate of drug-likeness (QED) is 0.423. The zero-order chi connectivity index (χ0) is 13.5. The van der Waals surface area contributed by atoms with E-state index in [0.717, 1.165) is 13.0 Å². The highest BCUT2D eigenvalue weighted by Crippen LogP contribution is 2.09. The third kappa shape index (κ3) is 3.86. The van der Waals surface area contributed by atoms with Crippen molar-refractivity contribution >= 4 is 5.97 Å². The molecule has 0 aliphatic carbocycles. The molecule has 0 aliphatic heterocycles. The third-order valence-corrected chi connectivity index (χ3v) is 3.39. The van der Waals surface area contributed by atoms with Gasteiger partial charge in [-0.1, -0.05) is 13.3 Å². The van der Waals surface area contributed by atoms with Gasteiger partial charge in [0.25, 0.3) is 5.82 Å². The van der Waals surface area contributed by atoms with Gasteiger partial charge >= 0.3 is 5.97 Å². The van der Waals surface area contributed by atoms with Gasteiger partial charge in [0, 0.05) is 13.3 Å². The Morgan fingerprint density at radius 2 is 2.17 bits per heavy atom. The Kier molecular flexibility index (Phi) is 5.89. The average Bonchev–Trinajstić information content (AvgIpc) is 2.63. The molecule has 0 atom stereocenters. The lowest BCUT2D eigenvalue weighted by molar-refractivity contribution is -0.677. The smallest absolute Gasteiger partial charge is 0.305 e. The van der Waals surface area contributed by atoms with E-state index < -0.39 is 0 Å². The summed E-state index contributed by atoms with van der Waals surface area (Å²) in [5.41, 5.74) is 1.22. The first-order valence-electron chi connectivity index (χ1n) is 6.71. The first kappa shape index (κ1) is 14.7. The number of imidazole rings is 1. The first-order valence-corrected chi connectivity index (χ1v) is 6.71. The Bertz CT molecular complexity index is 397. The van der Waals surface area contributed by atoms with Crippen LogP contribution in [0.15, 0.2) is 6.20 Å². The zero-order valence-electron chi connectivity index (χ0n) is 12.0. The molecule has 0 aliphatic rings. The topological polar surface area (TPSA) is 35.1 Å². The van der Waals surface area contributed by atoms with Gasteiger partial charge in [0.05, 0.1) is 27.1 Å². The number of unbranched alkanes of at least 4 members (excludes halogenated alkanes) is 2. The van der Waals surface area contributed by atoms with Crippen molar-refractivity contribution in [1.82, 2.24) is 4.57 Å². The molecule has 0 radical (unpaired) electrons. The molecule has 18 heavy (non-hydrogen) atoms. The number of nitrogens with zero attached hydrogens (tertiary/aromatic N) is 2. The SMILES string of the molecule is CCCCCn1c(CCC(=O)OC)c[n+](C)c1C. The van der Waals surface area contributed by atoms with Gasteiger partial charge in [-0.2, -0.15) is 0 Å². The maximum absolute atomic E-state index is 11.2. The molecule has 1 aromatic heterocycles. The van der Waals surface area contributed by atoms with Crippen LogP contribution < -0.4 is 4.57 Å². The minimum Gasteiger partial charge on any atom is -0.469 e. The second-order valence-electron chi connectivity index (χ2n) is 4.71. The molecule has 0 saturated heterocycles. The number of ether oxygens (including phenoxy) is 1. The van der Waals surface area contributed by atoms with Crippen molar-refractivity contribution in [1.29, 1.82) is 0 Å². The van der Waals surface area contributed by atoms with Crippen LogP contribution in [0.4, 0.5) is 0 Å². The predicted octanol–water partition coefficient (Wildman–Crippen LogP) is 1.92. The van der Waals surface area contributed by atoms with Gasteiger partial charge < -0.3 is 4.74 Å². The first-order chi connectivity index (χ1) is 8.60. The summed E-state index contributed by atoms with van der Waals surface area (Å²) in [5.74, 6) is 1.10. The number of carbonyl (C=O) groups is 1. The molecule has 1 rings (SSSR count). The molecule has 0 aromatic carbocycles. The number of hydrogen-bond acceptors (Lipinski definition) is 2. The number of methoxy groups -OCH3 is 1. The lowest BCUT2D eigenvalue weighted by Crippen LogP contribution is -2.29. The molecule has 4 nitrogen and oxygen atoms in total. The van der Waals surface area contributed by atoms with Crippen LogP contribution in [0.3, 0.4) is 0 Å². The monoisotopic (exact) mass is 253 g/mol. The van der Waals surface area contributed by atoms with Crippen LogP contribution in [0.25, 0.3) is 0 Å². The Morgan fingerprint density at radius 3 is 2.78 bits per heavy atom. The Labute approximate surface area is 110 Å². The third-order valence-electron chi connectivity index (χ3n) is 3.39. The summed E-state index contributed by atoms with van der Waals surface area (Å²) in [6.45, 7) is 5.37. The Morgan fingerprint density at radius 1 is 1.44 bits per heavy atom. The molecule has 102 valence electrons. The molecular weight excluding hydrogens is 228 g/mol. The second kappa shape index (κ2) is 7.19. The largest absolute Gasteiger partial charge is 0.469 e. The minimum atomic E-state index is -0.142. The van der Waals surface area contributed by atoms with E-state index in [1.165, 1.54) is 37.9 Å². The molecule has 1 aromatic rings. The molecule has 0 fully saturated rings. The van der Waals surface area contributed by atoms with Crippen molar-refractivity contribution in [3.05, 3.63) is 17.7 Å². The lowest BCUT2D eigenvalue weighted by atomic mass is 10.2. The standard InChI is InChI=1S/C14H25N2O2/c1-5-6-7-10-16-12(2)15(3)11-13(16)8-9-14(17)18-4/h11H,5-10H2,1-4H3/q+1. The molecule has 1 heterocycles. The number of esters is 1. The highest BCUT2D eigenvalue weighted by molar-refractivity contribution is 5.69. The summed E-state index contributed by atoms with van der Waals surface area (Å²) in [5, 5.41) is 0. The van der Waals surface area contributed by atoms with Gasteiger partial charge in [0.2, 0.25) is 0 Å². The fourth-order valence-corrected chi connectivity index (χ4v) is 2.14. The number of aryl methyl sites for hydroxylation is 2. The maximum Gasteiger partial charge on any atom is 0.305 e. The van der Waals surface area contributed by atoms with Crippen LogP contribution in [0.5, 0.6) is 0 Å². The van der Waals surface area contributed by atoms with Crippen LogP contribution in [0.2, 0.25) is 0 Å². The summed E-state index contributed by atoms with van der Waals surface area (Å²) >= 11 is 0. The Hall–Kier alpha value is -1.32. The fraction of sp³-hybridized carbons (Fsp3) is 0.714. The van der Waals surface area contributed by atoms with Crippen LogP contribution in [0.1, 0.15) is 44.1 Å². The zero-order valence-corrected chi connectivity index (χ0v) is 12.0. The van der Waals surface area contributed by atoms with E-state index in [1.54, 1.807) is 0 Å². The van der Waals surface area contributed by atoms with E-state index in [9.17, 15) is 4.79 Å². The van der Waals surface area contributed by atoms with Gasteiger partial charge in [0.15, 0.2) is 0 Å². The second-order valence-corrected chi connectivity index (χ2v) is 4.71. The van der Waals surface area contributed by atoms with Crippen molar-refractivity contribution in [2.45, 2.75) is 52.5 Å². The lowest BCUT2D eigenvalue weighted by Gasteiger charge is -2.03. The van der Waals surface area contributed by atoms with Gasteiger partial charge in [-0.05, 0) is 12.8 Å². The van der Waals surface area contributed by atoms with Crippen LogP contribution in [-0.4, -0.2) is 17.6 Å². The van der Waals surface area contributed by atoms with Gasteiger partial charge in [0.1, 0.15) is 11.9 Å². The normalized spacial score (nSPS) is 10.7. The van der Waals surface area contributed by atoms with Crippen molar-refractivity contribution in [3.63, 3.8) is 0 Å². The molecule has 0 amide bonds. The summed E-state index contributed by atoms with van der Waals surface area (Å²) in [6, 6.07) is 0. The van der Waals surface area contributed by atoms with Crippen LogP contribution in [-0.2, 0) is 29.5 Å². The minimum absolute atomic E-state index is 0.142. The predicted molar refractivity (Wildman–Crippen MR) is 70.2 cm³/mol. The van der Waals surface area contributed by atoms with Crippen LogP contribution >= 0.6 is 0 Å². The molecule has 0 spiro atoms. The summed E-state index contributed by atoms with van der Waals surface area (Å²) < 4.78 is 9.13. The van der Waals surface area contributed by atoms with Crippen molar-refractivity contribution < 1.29 is 14.1 Å². The molecule has 0 bridgehead atoms. The van der Waals surface area contributed by atoms with E-state index in [2.05, 4.69) is 29.2 Å². The summed E-state index contributed by atoms with van der Waals surface area (Å²) in [7, 11) is 3.49. The van der Waals surface area contributed by atoms with Crippen molar-refractivity contribution in [2.75, 3.05) is 7.11 Å². The van der Waals surface area contributed by atoms with Gasteiger partial charge in [-0.15, -0.1) is 0 Å². The number of rotatable bonds is 7. The Balaban J connectivity index is 2.70. The summed E-state index contributed by atoms with van der Waals surface area (Å²) in [6.07, 6.45) is 6.98. The average molecular weight is 253 g/mol. The van der Waals surface area contributed by atoms with E-state index in [-0.39, 0.29) is 5.97 Å². The number of aromatic nitrogens is 2. The molecule has 0 N–H and O–H groups in total. The van der Waals surface area contributed by atoms with E-state index in [4.69, 9.17) is 4.74 Å². The van der Waals surface area contributed by atoms with E-state index in [0.29, 0.717) is 6.42 Å². The fourth-order valence-electron chi connectivity index (χ4n) is 2.14. The van der Waals surface area contributed by atoms with Crippen molar-refractivity contribution in [2.24, 2.45) is 7.05 Å². The van der Waals surface area contributed by atoms with E-state index in [1.807, 2.05) is 7.05 Å². The maximum atomic E-state index is 11.2. The molecular formula is C14H25N2O2+. The molecule has 0 saturated carbocycles. The van der Waals surface area contributed by atoms with Gasteiger partial charge in [-0.25, -0.2) is 9.13 Å². The molecule has 4 heteroatoms. The molecule has 0 unspecified atom stereocenters. The highest BCUT2D eigenvalue weighted by atomic mass is 16.5. The number of carbonyl (C=O) groups excluding carboxylic acids is 1. The highest BCUT2D eigenvalue weighted by Gasteiger charge is 2.17.